The van der Waals surface area contributed by atoms with Crippen molar-refractivity contribution >= 4 is 13.5 Å². The Hall–Kier alpha value is -0.420. The van der Waals surface area contributed by atoms with Crippen molar-refractivity contribution in [1.29, 1.82) is 0 Å². The molecule has 78 valence electrons. The van der Waals surface area contributed by atoms with Crippen molar-refractivity contribution in [2.75, 3.05) is 6.61 Å². The van der Waals surface area contributed by atoms with Gasteiger partial charge in [-0.2, -0.15) is 0 Å². The van der Waals surface area contributed by atoms with Crippen LogP contribution in [0, 0.1) is 5.41 Å². The van der Waals surface area contributed by atoms with Crippen molar-refractivity contribution in [3.63, 3.8) is 0 Å². The van der Waals surface area contributed by atoms with Crippen LogP contribution in [0.15, 0.2) is 0 Å². The van der Waals surface area contributed by atoms with Crippen molar-refractivity contribution in [3.8, 4) is 0 Å². The van der Waals surface area contributed by atoms with E-state index in [1.165, 1.54) is 13.8 Å². The molecule has 2 unspecified atom stereocenters. The Bertz CT molecular complexity index is 249. The highest BCUT2D eigenvalue weighted by molar-refractivity contribution is 7.52. The summed E-state index contributed by atoms with van der Waals surface area (Å²) in [4.78, 5) is 28.4. The van der Waals surface area contributed by atoms with Crippen molar-refractivity contribution in [3.05, 3.63) is 0 Å². The summed E-state index contributed by atoms with van der Waals surface area (Å²) < 4.78 is 10.8. The maximum Gasteiger partial charge on any atom is 0.329 e. The summed E-state index contributed by atoms with van der Waals surface area (Å²) in [5.74, 6) is -0.925. The lowest BCUT2D eigenvalue weighted by molar-refractivity contribution is -0.129. The average Bonchev–Trinajstić information content (AvgIpc) is 1.99. The van der Waals surface area contributed by atoms with E-state index in [2.05, 4.69) is 0 Å². The zero-order chi connectivity index (χ0) is 10.9. The molecule has 0 rings (SSSR count). The fourth-order valence-corrected chi connectivity index (χ4v) is 1.74. The molecule has 0 aliphatic heterocycles. The third kappa shape index (κ3) is 2.51. The van der Waals surface area contributed by atoms with Crippen LogP contribution in [0.1, 0.15) is 13.8 Å². The first-order chi connectivity index (χ1) is 5.66. The van der Waals surface area contributed by atoms with Crippen LogP contribution < -0.4 is 5.73 Å². The van der Waals surface area contributed by atoms with Gasteiger partial charge in [0.15, 0.2) is 0 Å². The largest absolute Gasteiger partial charge is 0.395 e. The SMILES string of the molecule is CC(C(C)(CO)C(N)=O)P(=O)(O)O. The lowest BCUT2D eigenvalue weighted by Crippen LogP contribution is -2.45. The third-order valence-corrected chi connectivity index (χ3v) is 3.90. The molecule has 2 atom stereocenters. The molecule has 0 saturated carbocycles. The van der Waals surface area contributed by atoms with Gasteiger partial charge in [-0.3, -0.25) is 9.36 Å². The number of aliphatic hydroxyl groups is 1. The number of hydrogen-bond donors (Lipinski definition) is 4. The molecule has 13 heavy (non-hydrogen) atoms. The molecule has 0 aliphatic rings. The Morgan fingerprint density at radius 1 is 1.62 bits per heavy atom. The zero-order valence-corrected chi connectivity index (χ0v) is 8.36. The summed E-state index contributed by atoms with van der Waals surface area (Å²) in [5, 5.41) is 8.85. The van der Waals surface area contributed by atoms with Crippen LogP contribution in [0.3, 0.4) is 0 Å². The summed E-state index contributed by atoms with van der Waals surface area (Å²) in [6.07, 6.45) is 0. The first-order valence-corrected chi connectivity index (χ1v) is 5.30. The molecule has 0 aromatic carbocycles. The van der Waals surface area contributed by atoms with E-state index >= 15 is 0 Å². The second kappa shape index (κ2) is 3.75. The Labute approximate surface area is 75.9 Å². The predicted octanol–water partition coefficient (Wildman–Crippen LogP) is -0.963. The Morgan fingerprint density at radius 3 is 2.08 bits per heavy atom. The van der Waals surface area contributed by atoms with E-state index < -0.39 is 31.2 Å². The lowest BCUT2D eigenvalue weighted by atomic mass is 9.87. The van der Waals surface area contributed by atoms with Crippen molar-refractivity contribution in [2.45, 2.75) is 19.5 Å². The summed E-state index contributed by atoms with van der Waals surface area (Å²) >= 11 is 0. The minimum atomic E-state index is -4.41. The molecule has 0 aromatic rings. The highest BCUT2D eigenvalue weighted by Crippen LogP contribution is 2.49. The van der Waals surface area contributed by atoms with Gasteiger partial charge in [-0.25, -0.2) is 0 Å². The monoisotopic (exact) mass is 211 g/mol. The second-order valence-electron chi connectivity index (χ2n) is 3.20. The van der Waals surface area contributed by atoms with E-state index in [9.17, 15) is 9.36 Å². The van der Waals surface area contributed by atoms with E-state index in [1.807, 2.05) is 0 Å². The lowest BCUT2D eigenvalue weighted by Gasteiger charge is -2.30. The standard InChI is InChI=1S/C6H14NO5P/c1-4(13(10,11)12)6(2,3-8)5(7)9/h4,8H,3H2,1-2H3,(H2,7,9)(H2,10,11,12). The first kappa shape index (κ1) is 12.6. The van der Waals surface area contributed by atoms with Crippen LogP contribution in [0.25, 0.3) is 0 Å². The third-order valence-electron chi connectivity index (χ3n) is 2.32. The van der Waals surface area contributed by atoms with Crippen LogP contribution in [-0.2, 0) is 9.36 Å². The number of nitrogens with two attached hydrogens (primary N) is 1. The molecule has 0 aliphatic carbocycles. The number of amides is 1. The van der Waals surface area contributed by atoms with Crippen LogP contribution in [0.5, 0.6) is 0 Å². The van der Waals surface area contributed by atoms with Gasteiger partial charge in [-0.05, 0) is 13.8 Å². The van der Waals surface area contributed by atoms with Gasteiger partial charge < -0.3 is 20.6 Å². The number of rotatable bonds is 4. The summed E-state index contributed by atoms with van der Waals surface area (Å²) in [6.45, 7) is 1.72. The molecule has 7 heteroatoms. The van der Waals surface area contributed by atoms with Gasteiger partial charge in [0.2, 0.25) is 5.91 Å². The summed E-state index contributed by atoms with van der Waals surface area (Å²) in [6, 6.07) is 0. The Balaban J connectivity index is 5.00. The molecule has 6 nitrogen and oxygen atoms in total. The molecular weight excluding hydrogens is 197 g/mol. The second-order valence-corrected chi connectivity index (χ2v) is 5.16. The van der Waals surface area contributed by atoms with Crippen LogP contribution in [-0.4, -0.2) is 33.1 Å². The number of aliphatic hydroxyl groups excluding tert-OH is 1. The zero-order valence-electron chi connectivity index (χ0n) is 7.47. The van der Waals surface area contributed by atoms with Gasteiger partial charge in [0.05, 0.1) is 17.7 Å². The van der Waals surface area contributed by atoms with E-state index in [1.54, 1.807) is 0 Å². The normalized spacial score (nSPS) is 19.2. The Morgan fingerprint density at radius 2 is 2.00 bits per heavy atom. The first-order valence-electron chi connectivity index (χ1n) is 3.62. The molecule has 0 saturated heterocycles. The number of carbonyl (C=O) groups is 1. The van der Waals surface area contributed by atoms with Crippen LogP contribution >= 0.6 is 7.60 Å². The molecule has 0 bridgehead atoms. The summed E-state index contributed by atoms with van der Waals surface area (Å²) in [7, 11) is -4.41. The van der Waals surface area contributed by atoms with Gasteiger partial charge >= 0.3 is 7.60 Å². The molecule has 5 N–H and O–H groups in total. The van der Waals surface area contributed by atoms with E-state index in [0.29, 0.717) is 0 Å². The molecule has 1 amide bonds. The number of carbonyl (C=O) groups excluding carboxylic acids is 1. The predicted molar refractivity (Wildman–Crippen MR) is 45.9 cm³/mol. The van der Waals surface area contributed by atoms with Crippen molar-refractivity contribution in [1.82, 2.24) is 0 Å². The van der Waals surface area contributed by atoms with E-state index in [4.69, 9.17) is 20.6 Å². The van der Waals surface area contributed by atoms with E-state index in [0.717, 1.165) is 0 Å². The summed E-state index contributed by atoms with van der Waals surface area (Å²) in [5.41, 5.74) is 2.06. The van der Waals surface area contributed by atoms with Gasteiger partial charge in [-0.1, -0.05) is 0 Å². The molecular formula is C6H14NO5P. The number of primary amides is 1. The molecule has 0 fully saturated rings. The maximum absolute atomic E-state index is 10.9. The van der Waals surface area contributed by atoms with Gasteiger partial charge in [0.1, 0.15) is 0 Å². The highest BCUT2D eigenvalue weighted by atomic mass is 31.2. The van der Waals surface area contributed by atoms with Crippen molar-refractivity contribution in [2.24, 2.45) is 11.1 Å². The minimum Gasteiger partial charge on any atom is -0.395 e. The highest BCUT2D eigenvalue weighted by Gasteiger charge is 2.45. The minimum absolute atomic E-state index is 0.686. The fraction of sp³-hybridized carbons (Fsp3) is 0.833. The quantitative estimate of drug-likeness (QED) is 0.446. The van der Waals surface area contributed by atoms with Crippen molar-refractivity contribution < 1.29 is 24.3 Å². The molecule has 0 heterocycles. The molecule has 0 radical (unpaired) electrons. The van der Waals surface area contributed by atoms with Gasteiger partial charge in [0, 0.05) is 0 Å². The van der Waals surface area contributed by atoms with Crippen LogP contribution in [0.2, 0.25) is 0 Å². The topological polar surface area (TPSA) is 121 Å². The number of hydrogen-bond acceptors (Lipinski definition) is 3. The molecule has 0 spiro atoms. The molecule has 0 aromatic heterocycles. The Kier molecular flexibility index (Phi) is 3.63. The van der Waals surface area contributed by atoms with Gasteiger partial charge in [0.25, 0.3) is 0 Å². The maximum atomic E-state index is 10.9. The van der Waals surface area contributed by atoms with E-state index in [-0.39, 0.29) is 0 Å². The average molecular weight is 211 g/mol. The van der Waals surface area contributed by atoms with Crippen LogP contribution in [0.4, 0.5) is 0 Å². The smallest absolute Gasteiger partial charge is 0.329 e. The van der Waals surface area contributed by atoms with Gasteiger partial charge in [-0.15, -0.1) is 0 Å². The fourth-order valence-electron chi connectivity index (χ4n) is 0.787.